The first-order valence-electron chi connectivity index (χ1n) is 4.33. The van der Waals surface area contributed by atoms with Crippen molar-refractivity contribution >= 4 is 0 Å². The molecule has 0 aliphatic carbocycles. The summed E-state index contributed by atoms with van der Waals surface area (Å²) in [5, 5.41) is 0. The smallest absolute Gasteiger partial charge is 0.338 e. The molecule has 3 heteroatoms. The molecule has 0 spiro atoms. The van der Waals surface area contributed by atoms with E-state index in [1.54, 1.807) is 19.1 Å². The Morgan fingerprint density at radius 3 is 2.54 bits per heavy atom. The third-order valence-corrected chi connectivity index (χ3v) is 2.64. The molecule has 1 aromatic heterocycles. The zero-order valence-corrected chi connectivity index (χ0v) is 7.96. The number of aryl methyl sites for hydroxylation is 1. The van der Waals surface area contributed by atoms with Crippen LogP contribution in [0, 0.1) is 6.92 Å². The molecule has 0 bridgehead atoms. The average Bonchev–Trinajstić information content (AvgIpc) is 2.67. The molecular formula is C10H12O3. The molecule has 70 valence electrons. The maximum atomic E-state index is 11.2. The van der Waals surface area contributed by atoms with Crippen LogP contribution in [0.3, 0.4) is 0 Å². The summed E-state index contributed by atoms with van der Waals surface area (Å²) in [4.78, 5) is 11.2. The Morgan fingerprint density at radius 1 is 1.46 bits per heavy atom. The van der Waals surface area contributed by atoms with Crippen molar-refractivity contribution in [3.8, 4) is 0 Å². The number of ether oxygens (including phenoxy) is 1. The Kier molecular flexibility index (Phi) is 1.60. The van der Waals surface area contributed by atoms with E-state index in [4.69, 9.17) is 9.15 Å². The van der Waals surface area contributed by atoms with Crippen LogP contribution >= 0.6 is 0 Å². The van der Waals surface area contributed by atoms with Crippen LogP contribution in [0.1, 0.15) is 25.2 Å². The van der Waals surface area contributed by atoms with Gasteiger partial charge in [-0.3, -0.25) is 0 Å². The highest BCUT2D eigenvalue weighted by Crippen LogP contribution is 2.44. The molecule has 3 nitrogen and oxygen atoms in total. The maximum Gasteiger partial charge on any atom is 0.338 e. The number of rotatable bonds is 1. The predicted molar refractivity (Wildman–Crippen MR) is 47.6 cm³/mol. The largest absolute Gasteiger partial charge is 0.424 e. The standard InChI is InChI=1S/C10H12O3/c1-6-4-5-8(12-9(6)11)10(3)7(2)13-10/h4-5,7H,1-3H3. The minimum absolute atomic E-state index is 0.137. The van der Waals surface area contributed by atoms with Crippen molar-refractivity contribution in [1.82, 2.24) is 0 Å². The maximum absolute atomic E-state index is 11.2. The molecule has 13 heavy (non-hydrogen) atoms. The van der Waals surface area contributed by atoms with Crippen LogP contribution in [0.4, 0.5) is 0 Å². The Bertz CT molecular complexity index is 393. The van der Waals surface area contributed by atoms with Crippen molar-refractivity contribution in [2.45, 2.75) is 32.5 Å². The fraction of sp³-hybridized carbons (Fsp3) is 0.500. The van der Waals surface area contributed by atoms with Gasteiger partial charge < -0.3 is 9.15 Å². The van der Waals surface area contributed by atoms with E-state index in [9.17, 15) is 4.79 Å². The van der Waals surface area contributed by atoms with Gasteiger partial charge in [-0.1, -0.05) is 0 Å². The van der Waals surface area contributed by atoms with Gasteiger partial charge in [0.2, 0.25) is 0 Å². The molecule has 1 aromatic rings. The lowest BCUT2D eigenvalue weighted by Gasteiger charge is -2.03. The molecular weight excluding hydrogens is 168 g/mol. The van der Waals surface area contributed by atoms with Crippen molar-refractivity contribution in [3.63, 3.8) is 0 Å². The summed E-state index contributed by atoms with van der Waals surface area (Å²) >= 11 is 0. The molecule has 0 amide bonds. The van der Waals surface area contributed by atoms with Crippen LogP contribution in [0.2, 0.25) is 0 Å². The van der Waals surface area contributed by atoms with Crippen molar-refractivity contribution in [3.05, 3.63) is 33.9 Å². The van der Waals surface area contributed by atoms with Crippen molar-refractivity contribution < 1.29 is 9.15 Å². The Balaban J connectivity index is 2.44. The van der Waals surface area contributed by atoms with Crippen molar-refractivity contribution in [2.24, 2.45) is 0 Å². The molecule has 1 aliphatic rings. The molecule has 0 aromatic carbocycles. The van der Waals surface area contributed by atoms with Gasteiger partial charge in [-0.05, 0) is 32.9 Å². The van der Waals surface area contributed by atoms with Gasteiger partial charge in [0.05, 0.1) is 6.10 Å². The number of hydrogen-bond acceptors (Lipinski definition) is 3. The monoisotopic (exact) mass is 180 g/mol. The molecule has 1 aliphatic heterocycles. The minimum Gasteiger partial charge on any atom is -0.424 e. The van der Waals surface area contributed by atoms with Gasteiger partial charge in [0.25, 0.3) is 0 Å². The van der Waals surface area contributed by atoms with E-state index in [1.807, 2.05) is 13.8 Å². The molecule has 0 N–H and O–H groups in total. The van der Waals surface area contributed by atoms with E-state index in [0.29, 0.717) is 11.3 Å². The first-order chi connectivity index (χ1) is 6.04. The van der Waals surface area contributed by atoms with Crippen LogP contribution in [0.25, 0.3) is 0 Å². The normalized spacial score (nSPS) is 31.8. The summed E-state index contributed by atoms with van der Waals surface area (Å²) in [5.41, 5.74) is -0.0329. The SMILES string of the molecule is Cc1ccc(C2(C)OC2C)oc1=O. The van der Waals surface area contributed by atoms with E-state index in [1.165, 1.54) is 0 Å². The Hall–Kier alpha value is -1.09. The summed E-state index contributed by atoms with van der Waals surface area (Å²) < 4.78 is 10.5. The zero-order chi connectivity index (χ0) is 9.64. The van der Waals surface area contributed by atoms with E-state index < -0.39 is 0 Å². The van der Waals surface area contributed by atoms with Gasteiger partial charge in [-0.15, -0.1) is 0 Å². The second-order valence-corrected chi connectivity index (χ2v) is 3.64. The topological polar surface area (TPSA) is 42.7 Å². The van der Waals surface area contributed by atoms with Gasteiger partial charge in [-0.2, -0.15) is 0 Å². The summed E-state index contributed by atoms with van der Waals surface area (Å²) in [7, 11) is 0. The molecule has 1 saturated heterocycles. The summed E-state index contributed by atoms with van der Waals surface area (Å²) in [5.74, 6) is 0.621. The van der Waals surface area contributed by atoms with E-state index in [2.05, 4.69) is 0 Å². The fourth-order valence-corrected chi connectivity index (χ4v) is 1.34. The summed E-state index contributed by atoms with van der Waals surface area (Å²) in [6.07, 6.45) is 0.137. The van der Waals surface area contributed by atoms with Crippen molar-refractivity contribution in [1.29, 1.82) is 0 Å². The molecule has 2 heterocycles. The molecule has 0 saturated carbocycles. The first-order valence-corrected chi connectivity index (χ1v) is 4.33. The zero-order valence-electron chi connectivity index (χ0n) is 7.96. The third-order valence-electron chi connectivity index (χ3n) is 2.64. The minimum atomic E-state index is -0.382. The second-order valence-electron chi connectivity index (χ2n) is 3.64. The van der Waals surface area contributed by atoms with Gasteiger partial charge in [0.1, 0.15) is 11.4 Å². The number of epoxide rings is 1. The predicted octanol–water partition coefficient (Wildman–Crippen LogP) is 1.58. The Labute approximate surface area is 76.3 Å². The second kappa shape index (κ2) is 2.45. The lowest BCUT2D eigenvalue weighted by atomic mass is 10.1. The Morgan fingerprint density at radius 2 is 2.08 bits per heavy atom. The van der Waals surface area contributed by atoms with E-state index >= 15 is 0 Å². The average molecular weight is 180 g/mol. The quantitative estimate of drug-likeness (QED) is 0.616. The van der Waals surface area contributed by atoms with Gasteiger partial charge in [-0.25, -0.2) is 4.79 Å². The molecule has 2 unspecified atom stereocenters. The molecule has 1 fully saturated rings. The van der Waals surface area contributed by atoms with Crippen LogP contribution < -0.4 is 5.63 Å². The lowest BCUT2D eigenvalue weighted by molar-refractivity contribution is 0.269. The highest BCUT2D eigenvalue weighted by molar-refractivity contribution is 5.19. The third kappa shape index (κ3) is 1.20. The van der Waals surface area contributed by atoms with Crippen LogP contribution in [0.15, 0.2) is 21.3 Å². The van der Waals surface area contributed by atoms with E-state index in [0.717, 1.165) is 0 Å². The van der Waals surface area contributed by atoms with E-state index in [-0.39, 0.29) is 17.3 Å². The lowest BCUT2D eigenvalue weighted by Crippen LogP contribution is -2.11. The first kappa shape index (κ1) is 8.51. The molecule has 2 rings (SSSR count). The van der Waals surface area contributed by atoms with Gasteiger partial charge >= 0.3 is 5.63 Å². The molecule has 0 radical (unpaired) electrons. The van der Waals surface area contributed by atoms with Crippen LogP contribution in [-0.2, 0) is 10.3 Å². The summed E-state index contributed by atoms with van der Waals surface area (Å²) in [6, 6.07) is 3.57. The highest BCUT2D eigenvalue weighted by Gasteiger charge is 2.52. The number of hydrogen-bond donors (Lipinski definition) is 0. The van der Waals surface area contributed by atoms with Gasteiger partial charge in [0.15, 0.2) is 0 Å². The van der Waals surface area contributed by atoms with Crippen LogP contribution in [-0.4, -0.2) is 6.10 Å². The highest BCUT2D eigenvalue weighted by atomic mass is 16.6. The fourth-order valence-electron chi connectivity index (χ4n) is 1.34. The van der Waals surface area contributed by atoms with Gasteiger partial charge in [0, 0.05) is 5.56 Å². The summed E-state index contributed by atoms with van der Waals surface area (Å²) in [6.45, 7) is 5.61. The molecule has 2 atom stereocenters. The van der Waals surface area contributed by atoms with Crippen molar-refractivity contribution in [2.75, 3.05) is 0 Å². The van der Waals surface area contributed by atoms with Crippen LogP contribution in [0.5, 0.6) is 0 Å².